The van der Waals surface area contributed by atoms with Crippen molar-refractivity contribution >= 4 is 15.9 Å². The van der Waals surface area contributed by atoms with E-state index in [9.17, 15) is 17.8 Å². The highest BCUT2D eigenvalue weighted by molar-refractivity contribution is 7.87. The van der Waals surface area contributed by atoms with Gasteiger partial charge in [0, 0.05) is 6.42 Å². The van der Waals surface area contributed by atoms with E-state index in [-0.39, 0.29) is 18.6 Å². The maximum Gasteiger partial charge on any atom is 0.274 e. The van der Waals surface area contributed by atoms with Crippen LogP contribution in [0.3, 0.4) is 0 Å². The van der Waals surface area contributed by atoms with Gasteiger partial charge in [0.05, 0.1) is 0 Å². The highest BCUT2D eigenvalue weighted by Gasteiger charge is 2.29. The second-order valence-corrected chi connectivity index (χ2v) is 9.91. The molecule has 0 aliphatic rings. The summed E-state index contributed by atoms with van der Waals surface area (Å²) < 4.78 is 32.7. The van der Waals surface area contributed by atoms with Gasteiger partial charge in [-0.05, 0) is 12.8 Å². The molecule has 0 aromatic carbocycles. The first-order valence-electron chi connectivity index (χ1n) is 11.9. The van der Waals surface area contributed by atoms with Gasteiger partial charge in [0.25, 0.3) is 10.1 Å². The SMILES string of the molecule is CCCCCCCCCCCC(=O)C(CCCCCCCCCC)S(=O)(=O)O. The lowest BCUT2D eigenvalue weighted by Crippen LogP contribution is -2.29. The summed E-state index contributed by atoms with van der Waals surface area (Å²) in [5, 5.41) is -1.21. The summed E-state index contributed by atoms with van der Waals surface area (Å²) in [6.07, 6.45) is 19.8. The number of Topliss-reactive ketones (excluding diaryl/α,β-unsaturated/α-hetero) is 1. The van der Waals surface area contributed by atoms with Crippen LogP contribution in [0.5, 0.6) is 0 Å². The first-order chi connectivity index (χ1) is 13.4. The van der Waals surface area contributed by atoms with Crippen LogP contribution in [0.1, 0.15) is 136 Å². The second-order valence-electron chi connectivity index (χ2n) is 8.31. The van der Waals surface area contributed by atoms with Crippen molar-refractivity contribution in [3.8, 4) is 0 Å². The topological polar surface area (TPSA) is 71.4 Å². The molecule has 0 aromatic heterocycles. The van der Waals surface area contributed by atoms with Crippen molar-refractivity contribution in [1.29, 1.82) is 0 Å². The molecule has 0 heterocycles. The lowest BCUT2D eigenvalue weighted by molar-refractivity contribution is -0.119. The van der Waals surface area contributed by atoms with Crippen LogP contribution < -0.4 is 0 Å². The Bertz CT molecular complexity index is 459. The Kier molecular flexibility index (Phi) is 18.3. The zero-order chi connectivity index (χ0) is 21.1. The molecule has 0 aliphatic carbocycles. The fraction of sp³-hybridized carbons (Fsp3) is 0.957. The van der Waals surface area contributed by atoms with Gasteiger partial charge in [-0.3, -0.25) is 9.35 Å². The van der Waals surface area contributed by atoms with Crippen LogP contribution in [0.15, 0.2) is 0 Å². The third kappa shape index (κ3) is 16.5. The van der Waals surface area contributed by atoms with Gasteiger partial charge in [-0.25, -0.2) is 0 Å². The Balaban J connectivity index is 3.89. The lowest BCUT2D eigenvalue weighted by atomic mass is 10.0. The van der Waals surface area contributed by atoms with E-state index in [1.165, 1.54) is 70.6 Å². The molecular weight excluding hydrogens is 372 g/mol. The van der Waals surface area contributed by atoms with Crippen LogP contribution >= 0.6 is 0 Å². The molecule has 0 aliphatic heterocycles. The summed E-state index contributed by atoms with van der Waals surface area (Å²) >= 11 is 0. The summed E-state index contributed by atoms with van der Waals surface area (Å²) in [6.45, 7) is 4.41. The van der Waals surface area contributed by atoms with Gasteiger partial charge in [-0.2, -0.15) is 8.42 Å². The van der Waals surface area contributed by atoms with Crippen molar-refractivity contribution < 1.29 is 17.8 Å². The quantitative estimate of drug-likeness (QED) is 0.157. The first-order valence-corrected chi connectivity index (χ1v) is 13.4. The summed E-state index contributed by atoms with van der Waals surface area (Å²) in [5.74, 6) is -0.298. The number of hydrogen-bond donors (Lipinski definition) is 1. The highest BCUT2D eigenvalue weighted by Crippen LogP contribution is 2.17. The van der Waals surface area contributed by atoms with E-state index < -0.39 is 15.4 Å². The largest absolute Gasteiger partial charge is 0.298 e. The molecule has 0 saturated heterocycles. The molecule has 0 saturated carbocycles. The monoisotopic (exact) mass is 418 g/mol. The van der Waals surface area contributed by atoms with Crippen molar-refractivity contribution in [3.63, 3.8) is 0 Å². The molecule has 5 heteroatoms. The molecule has 0 radical (unpaired) electrons. The minimum absolute atomic E-state index is 0.268. The molecule has 168 valence electrons. The Hall–Kier alpha value is -0.420. The molecule has 1 unspecified atom stereocenters. The maximum absolute atomic E-state index is 12.3. The molecule has 0 spiro atoms. The predicted octanol–water partition coefficient (Wildman–Crippen LogP) is 7.26. The highest BCUT2D eigenvalue weighted by atomic mass is 32.2. The van der Waals surface area contributed by atoms with Crippen LogP contribution in [-0.4, -0.2) is 24.0 Å². The average Bonchev–Trinajstić information content (AvgIpc) is 2.64. The Morgan fingerprint density at radius 3 is 1.39 bits per heavy atom. The van der Waals surface area contributed by atoms with Gasteiger partial charge >= 0.3 is 0 Å². The molecular formula is C23H46O4S. The standard InChI is InChI=1S/C23H46O4S/c1-3-5-7-9-11-13-14-16-18-20-22(24)23(28(25,26)27)21-19-17-15-12-10-8-6-4-2/h23H,3-21H2,1-2H3,(H,25,26,27). The van der Waals surface area contributed by atoms with Gasteiger partial charge in [0.15, 0.2) is 5.78 Å². The third-order valence-corrected chi connectivity index (χ3v) is 6.78. The minimum atomic E-state index is -4.28. The van der Waals surface area contributed by atoms with Crippen LogP contribution in [0.2, 0.25) is 0 Å². The summed E-state index contributed by atoms with van der Waals surface area (Å²) in [6, 6.07) is 0. The Morgan fingerprint density at radius 1 is 0.643 bits per heavy atom. The molecule has 1 N–H and O–H groups in total. The Labute approximate surface area is 175 Å². The first kappa shape index (κ1) is 27.6. The van der Waals surface area contributed by atoms with E-state index >= 15 is 0 Å². The predicted molar refractivity (Wildman–Crippen MR) is 119 cm³/mol. The Morgan fingerprint density at radius 2 is 1.00 bits per heavy atom. The van der Waals surface area contributed by atoms with Gasteiger partial charge in [0.1, 0.15) is 5.25 Å². The van der Waals surface area contributed by atoms with E-state index in [1.54, 1.807) is 0 Å². The molecule has 1 atom stereocenters. The minimum Gasteiger partial charge on any atom is -0.298 e. The van der Waals surface area contributed by atoms with Gasteiger partial charge < -0.3 is 0 Å². The molecule has 0 bridgehead atoms. The summed E-state index contributed by atoms with van der Waals surface area (Å²) in [4.78, 5) is 12.3. The van der Waals surface area contributed by atoms with Gasteiger partial charge in [-0.15, -0.1) is 0 Å². The summed E-state index contributed by atoms with van der Waals surface area (Å²) in [5.41, 5.74) is 0. The maximum atomic E-state index is 12.3. The fourth-order valence-electron chi connectivity index (χ4n) is 3.71. The van der Waals surface area contributed by atoms with Crippen LogP contribution in [0, 0.1) is 0 Å². The van der Waals surface area contributed by atoms with Crippen LogP contribution in [0.4, 0.5) is 0 Å². The molecule has 0 rings (SSSR count). The van der Waals surface area contributed by atoms with Crippen molar-refractivity contribution in [2.24, 2.45) is 0 Å². The molecule has 0 fully saturated rings. The summed E-state index contributed by atoms with van der Waals surface area (Å²) in [7, 11) is -4.28. The lowest BCUT2D eigenvalue weighted by Gasteiger charge is -2.13. The second kappa shape index (κ2) is 18.6. The van der Waals surface area contributed by atoms with E-state index in [0.29, 0.717) is 6.42 Å². The zero-order valence-electron chi connectivity index (χ0n) is 18.6. The van der Waals surface area contributed by atoms with E-state index in [4.69, 9.17) is 0 Å². The number of carbonyl (C=O) groups excluding carboxylic acids is 1. The van der Waals surface area contributed by atoms with Gasteiger partial charge in [-0.1, -0.05) is 117 Å². The number of ketones is 1. The number of unbranched alkanes of at least 4 members (excludes halogenated alkanes) is 15. The van der Waals surface area contributed by atoms with Crippen molar-refractivity contribution in [3.05, 3.63) is 0 Å². The number of carbonyl (C=O) groups is 1. The zero-order valence-corrected chi connectivity index (χ0v) is 19.4. The van der Waals surface area contributed by atoms with E-state index in [1.807, 2.05) is 0 Å². The van der Waals surface area contributed by atoms with Crippen LogP contribution in [0.25, 0.3) is 0 Å². The van der Waals surface area contributed by atoms with E-state index in [2.05, 4.69) is 13.8 Å². The third-order valence-electron chi connectivity index (χ3n) is 5.57. The molecule has 0 amide bonds. The number of rotatable bonds is 21. The van der Waals surface area contributed by atoms with Crippen molar-refractivity contribution in [2.45, 2.75) is 141 Å². The number of hydrogen-bond acceptors (Lipinski definition) is 3. The normalized spacial score (nSPS) is 13.0. The van der Waals surface area contributed by atoms with Crippen molar-refractivity contribution in [1.82, 2.24) is 0 Å². The average molecular weight is 419 g/mol. The van der Waals surface area contributed by atoms with Crippen LogP contribution in [-0.2, 0) is 14.9 Å². The van der Waals surface area contributed by atoms with E-state index in [0.717, 1.165) is 32.1 Å². The van der Waals surface area contributed by atoms with Crippen molar-refractivity contribution in [2.75, 3.05) is 0 Å². The molecule has 28 heavy (non-hydrogen) atoms. The van der Waals surface area contributed by atoms with Gasteiger partial charge in [0.2, 0.25) is 0 Å². The molecule has 4 nitrogen and oxygen atoms in total. The smallest absolute Gasteiger partial charge is 0.274 e. The molecule has 0 aromatic rings. The fourth-order valence-corrected chi connectivity index (χ4v) is 4.63.